The number of rotatable bonds is 1. The van der Waals surface area contributed by atoms with Crippen LogP contribution in [-0.4, -0.2) is 42.0 Å². The summed E-state index contributed by atoms with van der Waals surface area (Å²) in [6.07, 6.45) is -0.907. The van der Waals surface area contributed by atoms with Crippen LogP contribution in [0, 0.1) is 0 Å². The first-order chi connectivity index (χ1) is 5.24. The minimum Gasteiger partial charge on any atom is -0.453 e. The van der Waals surface area contributed by atoms with Gasteiger partial charge in [-0.05, 0) is 0 Å². The molecule has 0 unspecified atom stereocenters. The minimum atomic E-state index is -0.475. The van der Waals surface area contributed by atoms with E-state index in [2.05, 4.69) is 10.1 Å². The van der Waals surface area contributed by atoms with Crippen LogP contribution in [0.2, 0.25) is 0 Å². The second-order valence-corrected chi connectivity index (χ2v) is 3.42. The van der Waals surface area contributed by atoms with Crippen LogP contribution in [-0.2, 0) is 4.74 Å². The van der Waals surface area contributed by atoms with Crippen molar-refractivity contribution in [3.05, 3.63) is 0 Å². The van der Waals surface area contributed by atoms with Crippen LogP contribution < -0.4 is 5.32 Å². The molecule has 0 spiro atoms. The third-order valence-corrected chi connectivity index (χ3v) is 2.71. The molecule has 2 N–H and O–H groups in total. The Morgan fingerprint density at radius 3 is 2.91 bits per heavy atom. The Balaban J connectivity index is 2.30. The number of amides is 1. The van der Waals surface area contributed by atoms with E-state index in [1.807, 2.05) is 0 Å². The molecule has 1 rings (SSSR count). The first-order valence-electron chi connectivity index (χ1n) is 3.34. The van der Waals surface area contributed by atoms with Gasteiger partial charge in [0.05, 0.1) is 19.3 Å². The molecule has 1 heterocycles. The lowest BCUT2D eigenvalue weighted by molar-refractivity contribution is 0.138. The molecule has 0 saturated carbocycles. The minimum absolute atomic E-state index is 0.146. The summed E-state index contributed by atoms with van der Waals surface area (Å²) < 4.78 is 4.39. The van der Waals surface area contributed by atoms with Crippen molar-refractivity contribution in [1.82, 2.24) is 5.32 Å². The fourth-order valence-corrected chi connectivity index (χ4v) is 2.06. The van der Waals surface area contributed by atoms with Crippen LogP contribution in [0.5, 0.6) is 0 Å². The van der Waals surface area contributed by atoms with Gasteiger partial charge in [-0.2, -0.15) is 11.8 Å². The molecular weight excluding hydrogens is 166 g/mol. The molecule has 0 aromatic heterocycles. The van der Waals surface area contributed by atoms with Gasteiger partial charge in [-0.15, -0.1) is 0 Å². The number of alkyl carbamates (subject to hydrolysis) is 1. The Kier molecular flexibility index (Phi) is 3.02. The number of thioether (sulfide) groups is 1. The largest absolute Gasteiger partial charge is 0.453 e. The summed E-state index contributed by atoms with van der Waals surface area (Å²) in [6.45, 7) is 0. The van der Waals surface area contributed by atoms with Gasteiger partial charge in [0.2, 0.25) is 0 Å². The van der Waals surface area contributed by atoms with E-state index >= 15 is 0 Å². The molecule has 1 amide bonds. The molecule has 1 saturated heterocycles. The average molecular weight is 177 g/mol. The maximum atomic E-state index is 10.7. The van der Waals surface area contributed by atoms with Crippen LogP contribution in [0.3, 0.4) is 0 Å². The van der Waals surface area contributed by atoms with E-state index in [4.69, 9.17) is 0 Å². The summed E-state index contributed by atoms with van der Waals surface area (Å²) in [7, 11) is 1.31. The molecule has 0 bridgehead atoms. The number of nitrogens with one attached hydrogen (secondary N) is 1. The van der Waals surface area contributed by atoms with Gasteiger partial charge in [-0.25, -0.2) is 4.79 Å². The molecule has 0 aliphatic carbocycles. The second-order valence-electron chi connectivity index (χ2n) is 2.35. The van der Waals surface area contributed by atoms with Crippen molar-refractivity contribution in [2.45, 2.75) is 12.1 Å². The SMILES string of the molecule is COC(=O)N[C@H]1CSC[C@@H]1O. The van der Waals surface area contributed by atoms with E-state index in [9.17, 15) is 9.90 Å². The lowest BCUT2D eigenvalue weighted by Crippen LogP contribution is -2.42. The second kappa shape index (κ2) is 3.82. The first-order valence-corrected chi connectivity index (χ1v) is 4.50. The molecule has 5 heteroatoms. The van der Waals surface area contributed by atoms with Gasteiger partial charge >= 0.3 is 6.09 Å². The molecule has 1 aliphatic heterocycles. The zero-order valence-corrected chi connectivity index (χ0v) is 7.06. The lowest BCUT2D eigenvalue weighted by atomic mass is 10.2. The number of carbonyl (C=O) groups is 1. The third-order valence-electron chi connectivity index (χ3n) is 1.54. The Morgan fingerprint density at radius 2 is 2.45 bits per heavy atom. The van der Waals surface area contributed by atoms with Crippen molar-refractivity contribution < 1.29 is 14.6 Å². The van der Waals surface area contributed by atoms with Gasteiger partial charge in [0.1, 0.15) is 0 Å². The first kappa shape index (κ1) is 8.67. The summed E-state index contributed by atoms with van der Waals surface area (Å²) in [5, 5.41) is 11.8. The molecule has 0 aromatic rings. The van der Waals surface area contributed by atoms with Gasteiger partial charge in [0.15, 0.2) is 0 Å². The number of carbonyl (C=O) groups excluding carboxylic acids is 1. The monoisotopic (exact) mass is 177 g/mol. The summed E-state index contributed by atoms with van der Waals surface area (Å²) >= 11 is 1.62. The van der Waals surface area contributed by atoms with Crippen LogP contribution in [0.25, 0.3) is 0 Å². The normalized spacial score (nSPS) is 30.0. The molecule has 64 valence electrons. The molecule has 0 aromatic carbocycles. The Bertz CT molecular complexity index is 153. The predicted molar refractivity (Wildman–Crippen MR) is 42.7 cm³/mol. The zero-order valence-electron chi connectivity index (χ0n) is 6.24. The molecule has 1 fully saturated rings. The smallest absolute Gasteiger partial charge is 0.407 e. The molecular formula is C6H11NO3S. The highest BCUT2D eigenvalue weighted by Crippen LogP contribution is 2.17. The lowest BCUT2D eigenvalue weighted by Gasteiger charge is -2.13. The Hall–Kier alpha value is -0.420. The molecule has 0 radical (unpaired) electrons. The van der Waals surface area contributed by atoms with Gasteiger partial charge in [0.25, 0.3) is 0 Å². The van der Waals surface area contributed by atoms with E-state index in [1.54, 1.807) is 11.8 Å². The highest BCUT2D eigenvalue weighted by atomic mass is 32.2. The number of hydrogen-bond donors (Lipinski definition) is 2. The Morgan fingerprint density at radius 1 is 1.73 bits per heavy atom. The number of aliphatic hydroxyl groups excluding tert-OH is 1. The van der Waals surface area contributed by atoms with Crippen molar-refractivity contribution in [1.29, 1.82) is 0 Å². The van der Waals surface area contributed by atoms with Crippen molar-refractivity contribution in [2.24, 2.45) is 0 Å². The average Bonchev–Trinajstić information content (AvgIpc) is 2.37. The summed E-state index contributed by atoms with van der Waals surface area (Å²) in [5.74, 6) is 1.45. The van der Waals surface area contributed by atoms with Crippen LogP contribution in [0.4, 0.5) is 4.79 Å². The number of ether oxygens (including phenoxy) is 1. The van der Waals surface area contributed by atoms with E-state index in [-0.39, 0.29) is 6.04 Å². The van der Waals surface area contributed by atoms with E-state index in [1.165, 1.54) is 7.11 Å². The van der Waals surface area contributed by atoms with Crippen molar-refractivity contribution in [2.75, 3.05) is 18.6 Å². The van der Waals surface area contributed by atoms with Crippen LogP contribution >= 0.6 is 11.8 Å². The van der Waals surface area contributed by atoms with Crippen LogP contribution in [0.15, 0.2) is 0 Å². The van der Waals surface area contributed by atoms with Gasteiger partial charge < -0.3 is 15.2 Å². The quantitative estimate of drug-likeness (QED) is 0.583. The summed E-state index contributed by atoms with van der Waals surface area (Å²) in [4.78, 5) is 10.7. The topological polar surface area (TPSA) is 58.6 Å². The van der Waals surface area contributed by atoms with Crippen molar-refractivity contribution >= 4 is 17.9 Å². The van der Waals surface area contributed by atoms with E-state index < -0.39 is 12.2 Å². The fourth-order valence-electron chi connectivity index (χ4n) is 0.891. The number of methoxy groups -OCH3 is 1. The maximum Gasteiger partial charge on any atom is 0.407 e. The molecule has 1 aliphatic rings. The summed E-state index contributed by atoms with van der Waals surface area (Å²) in [6, 6.07) is -0.146. The molecule has 4 nitrogen and oxygen atoms in total. The predicted octanol–water partition coefficient (Wildman–Crippen LogP) is -0.181. The van der Waals surface area contributed by atoms with E-state index in [0.29, 0.717) is 5.75 Å². The molecule has 11 heavy (non-hydrogen) atoms. The fraction of sp³-hybridized carbons (Fsp3) is 0.833. The van der Waals surface area contributed by atoms with Gasteiger partial charge in [0, 0.05) is 11.5 Å². The third kappa shape index (κ3) is 2.27. The Labute approximate surface area is 69.3 Å². The summed E-state index contributed by atoms with van der Waals surface area (Å²) in [5.41, 5.74) is 0. The zero-order chi connectivity index (χ0) is 8.27. The molecule has 2 atom stereocenters. The highest BCUT2D eigenvalue weighted by molar-refractivity contribution is 7.99. The highest BCUT2D eigenvalue weighted by Gasteiger charge is 2.27. The number of hydrogen-bond acceptors (Lipinski definition) is 4. The van der Waals surface area contributed by atoms with Crippen molar-refractivity contribution in [3.8, 4) is 0 Å². The van der Waals surface area contributed by atoms with Crippen LogP contribution in [0.1, 0.15) is 0 Å². The maximum absolute atomic E-state index is 10.7. The van der Waals surface area contributed by atoms with E-state index in [0.717, 1.165) is 5.75 Å². The number of aliphatic hydroxyl groups is 1. The van der Waals surface area contributed by atoms with Crippen molar-refractivity contribution in [3.63, 3.8) is 0 Å². The standard InChI is InChI=1S/C6H11NO3S/c1-10-6(9)7-4-2-11-3-5(4)8/h4-5,8H,2-3H2,1H3,(H,7,9)/t4-,5-/m0/s1. The van der Waals surface area contributed by atoms with Gasteiger partial charge in [-0.1, -0.05) is 0 Å². The van der Waals surface area contributed by atoms with Gasteiger partial charge in [-0.3, -0.25) is 0 Å².